The summed E-state index contributed by atoms with van der Waals surface area (Å²) in [6, 6.07) is 1.68. The summed E-state index contributed by atoms with van der Waals surface area (Å²) in [5, 5.41) is 6.92. The summed E-state index contributed by atoms with van der Waals surface area (Å²) >= 11 is 1.65. The fourth-order valence-corrected chi connectivity index (χ4v) is 3.88. The Kier molecular flexibility index (Phi) is 4.04. The van der Waals surface area contributed by atoms with Crippen molar-refractivity contribution in [1.29, 1.82) is 0 Å². The second kappa shape index (κ2) is 5.83. The molecule has 0 N–H and O–H groups in total. The first-order valence-corrected chi connectivity index (χ1v) is 8.52. The summed E-state index contributed by atoms with van der Waals surface area (Å²) in [7, 11) is 0. The molecule has 1 aliphatic rings. The highest BCUT2D eigenvalue weighted by atomic mass is 32.1. The molecule has 5 nitrogen and oxygen atoms in total. The molecule has 0 spiro atoms. The van der Waals surface area contributed by atoms with Gasteiger partial charge in [-0.05, 0) is 19.3 Å². The Morgan fingerprint density at radius 3 is 2.86 bits per heavy atom. The van der Waals surface area contributed by atoms with Crippen molar-refractivity contribution in [3.05, 3.63) is 34.1 Å². The molecule has 3 rings (SSSR count). The van der Waals surface area contributed by atoms with E-state index in [0.29, 0.717) is 5.69 Å². The van der Waals surface area contributed by atoms with Crippen molar-refractivity contribution in [3.63, 3.8) is 0 Å². The third-order valence-corrected chi connectivity index (χ3v) is 4.94. The Balaban J connectivity index is 1.87. The first kappa shape index (κ1) is 15.2. The highest BCUT2D eigenvalue weighted by Crippen LogP contribution is 2.35. The van der Waals surface area contributed by atoms with E-state index in [1.807, 2.05) is 4.90 Å². The Bertz CT molecular complexity index is 643. The van der Waals surface area contributed by atoms with Crippen LogP contribution in [0, 0.1) is 0 Å². The van der Waals surface area contributed by atoms with Gasteiger partial charge in [0.1, 0.15) is 11.3 Å². The SMILES string of the molecule is CC(C)(C)c1csc([C@@H]2CCCCN2C(=O)c2ccon2)n1. The Labute approximate surface area is 134 Å². The van der Waals surface area contributed by atoms with Crippen LogP contribution in [0.2, 0.25) is 0 Å². The van der Waals surface area contributed by atoms with Gasteiger partial charge in [0.05, 0.1) is 11.7 Å². The van der Waals surface area contributed by atoms with Gasteiger partial charge in [0.15, 0.2) is 5.69 Å². The average Bonchev–Trinajstić information content (AvgIpc) is 3.17. The number of thiazole rings is 1. The molecule has 0 aromatic carbocycles. The molecule has 0 bridgehead atoms. The van der Waals surface area contributed by atoms with Crippen molar-refractivity contribution >= 4 is 17.2 Å². The first-order valence-electron chi connectivity index (χ1n) is 7.64. The van der Waals surface area contributed by atoms with Crippen LogP contribution in [0.3, 0.4) is 0 Å². The number of carbonyl (C=O) groups is 1. The van der Waals surface area contributed by atoms with E-state index in [0.717, 1.165) is 36.5 Å². The van der Waals surface area contributed by atoms with E-state index in [2.05, 4.69) is 31.3 Å². The minimum absolute atomic E-state index is 0.0321. The fraction of sp³-hybridized carbons (Fsp3) is 0.562. The molecule has 1 saturated heterocycles. The van der Waals surface area contributed by atoms with Crippen LogP contribution in [0.25, 0.3) is 0 Å². The van der Waals surface area contributed by atoms with Crippen LogP contribution < -0.4 is 0 Å². The molecule has 0 radical (unpaired) electrons. The number of hydrogen-bond acceptors (Lipinski definition) is 5. The maximum atomic E-state index is 12.6. The van der Waals surface area contributed by atoms with Crippen LogP contribution >= 0.6 is 11.3 Å². The average molecular weight is 319 g/mol. The van der Waals surface area contributed by atoms with E-state index in [1.165, 1.54) is 6.26 Å². The molecule has 3 heterocycles. The third-order valence-electron chi connectivity index (χ3n) is 4.00. The van der Waals surface area contributed by atoms with Crippen LogP contribution in [0.15, 0.2) is 22.2 Å². The van der Waals surface area contributed by atoms with Gasteiger partial charge in [-0.2, -0.15) is 0 Å². The lowest BCUT2D eigenvalue weighted by atomic mass is 9.93. The van der Waals surface area contributed by atoms with Gasteiger partial charge in [0.25, 0.3) is 5.91 Å². The van der Waals surface area contributed by atoms with Crippen LogP contribution in [0.4, 0.5) is 0 Å². The second-order valence-electron chi connectivity index (χ2n) is 6.72. The van der Waals surface area contributed by atoms with E-state index < -0.39 is 0 Å². The highest BCUT2D eigenvalue weighted by Gasteiger charge is 2.32. The molecule has 1 atom stereocenters. The molecule has 0 aliphatic carbocycles. The maximum absolute atomic E-state index is 12.6. The van der Waals surface area contributed by atoms with Crippen molar-refractivity contribution in [2.75, 3.05) is 6.54 Å². The number of carbonyl (C=O) groups excluding carboxylic acids is 1. The largest absolute Gasteiger partial charge is 0.364 e. The summed E-state index contributed by atoms with van der Waals surface area (Å²) in [6.07, 6.45) is 4.54. The van der Waals surface area contributed by atoms with Crippen LogP contribution in [0.5, 0.6) is 0 Å². The summed E-state index contributed by atoms with van der Waals surface area (Å²) in [5.74, 6) is -0.0639. The standard InChI is InChI=1S/C16H21N3O2S/c1-16(2,3)13-10-22-14(17-13)12-6-4-5-8-19(12)15(20)11-7-9-21-18-11/h7,9-10,12H,4-6,8H2,1-3H3/t12-/m0/s1. The molecule has 1 fully saturated rings. The number of amides is 1. The molecule has 118 valence electrons. The predicted octanol–water partition coefficient (Wildman–Crippen LogP) is 3.80. The van der Waals surface area contributed by atoms with Gasteiger partial charge in [-0.3, -0.25) is 4.79 Å². The zero-order valence-electron chi connectivity index (χ0n) is 13.2. The zero-order valence-corrected chi connectivity index (χ0v) is 14.0. The van der Waals surface area contributed by atoms with Gasteiger partial charge in [0, 0.05) is 23.4 Å². The van der Waals surface area contributed by atoms with E-state index in [-0.39, 0.29) is 17.4 Å². The molecule has 0 unspecified atom stereocenters. The Hall–Kier alpha value is -1.69. The van der Waals surface area contributed by atoms with Crippen molar-refractivity contribution in [2.45, 2.75) is 51.5 Å². The molecular weight excluding hydrogens is 298 g/mol. The molecular formula is C16H21N3O2S. The topological polar surface area (TPSA) is 59.2 Å². The lowest BCUT2D eigenvalue weighted by molar-refractivity contribution is 0.0600. The number of piperidine rings is 1. The quantitative estimate of drug-likeness (QED) is 0.845. The summed E-state index contributed by atoms with van der Waals surface area (Å²) in [5.41, 5.74) is 1.50. The Morgan fingerprint density at radius 2 is 2.23 bits per heavy atom. The van der Waals surface area contributed by atoms with E-state index in [9.17, 15) is 4.79 Å². The summed E-state index contributed by atoms with van der Waals surface area (Å²) in [6.45, 7) is 7.22. The van der Waals surface area contributed by atoms with Gasteiger partial charge < -0.3 is 9.42 Å². The van der Waals surface area contributed by atoms with Crippen LogP contribution in [0.1, 0.15) is 67.3 Å². The van der Waals surface area contributed by atoms with E-state index >= 15 is 0 Å². The monoisotopic (exact) mass is 319 g/mol. The minimum atomic E-state index is -0.0639. The van der Waals surface area contributed by atoms with Gasteiger partial charge in [-0.1, -0.05) is 25.9 Å². The third kappa shape index (κ3) is 2.92. The van der Waals surface area contributed by atoms with Crippen molar-refractivity contribution < 1.29 is 9.32 Å². The molecule has 2 aromatic rings. The van der Waals surface area contributed by atoms with Crippen molar-refractivity contribution in [3.8, 4) is 0 Å². The molecule has 22 heavy (non-hydrogen) atoms. The van der Waals surface area contributed by atoms with Gasteiger partial charge in [0.2, 0.25) is 0 Å². The highest BCUT2D eigenvalue weighted by molar-refractivity contribution is 7.09. The lowest BCUT2D eigenvalue weighted by Crippen LogP contribution is -2.38. The zero-order chi connectivity index (χ0) is 15.7. The maximum Gasteiger partial charge on any atom is 0.276 e. The molecule has 1 amide bonds. The van der Waals surface area contributed by atoms with Crippen molar-refractivity contribution in [1.82, 2.24) is 15.0 Å². The number of hydrogen-bond donors (Lipinski definition) is 0. The van der Waals surface area contributed by atoms with E-state index in [1.54, 1.807) is 17.4 Å². The van der Waals surface area contributed by atoms with E-state index in [4.69, 9.17) is 9.51 Å². The Morgan fingerprint density at radius 1 is 1.41 bits per heavy atom. The molecule has 0 saturated carbocycles. The number of likely N-dealkylation sites (tertiary alicyclic amines) is 1. The number of nitrogens with zero attached hydrogens (tertiary/aromatic N) is 3. The number of rotatable bonds is 2. The van der Waals surface area contributed by atoms with Crippen molar-refractivity contribution in [2.24, 2.45) is 0 Å². The van der Waals surface area contributed by atoms with Crippen LogP contribution in [-0.4, -0.2) is 27.5 Å². The summed E-state index contributed by atoms with van der Waals surface area (Å²) < 4.78 is 4.81. The van der Waals surface area contributed by atoms with Crippen LogP contribution in [-0.2, 0) is 5.41 Å². The normalized spacial score (nSPS) is 19.4. The molecule has 6 heteroatoms. The smallest absolute Gasteiger partial charge is 0.276 e. The fourth-order valence-electron chi connectivity index (χ4n) is 2.69. The first-order chi connectivity index (χ1) is 10.5. The second-order valence-corrected chi connectivity index (χ2v) is 7.61. The van der Waals surface area contributed by atoms with Gasteiger partial charge in [-0.15, -0.1) is 11.3 Å². The van der Waals surface area contributed by atoms with Gasteiger partial charge in [-0.25, -0.2) is 4.98 Å². The predicted molar refractivity (Wildman–Crippen MR) is 84.9 cm³/mol. The summed E-state index contributed by atoms with van der Waals surface area (Å²) in [4.78, 5) is 19.3. The lowest BCUT2D eigenvalue weighted by Gasteiger charge is -2.34. The molecule has 1 aliphatic heterocycles. The molecule has 2 aromatic heterocycles. The number of aromatic nitrogens is 2. The van der Waals surface area contributed by atoms with Gasteiger partial charge >= 0.3 is 0 Å². The minimum Gasteiger partial charge on any atom is -0.364 e.